The molecule has 0 amide bonds. The zero-order chi connectivity index (χ0) is 19.8. The van der Waals surface area contributed by atoms with Crippen LogP contribution in [0.2, 0.25) is 0 Å². The Labute approximate surface area is 166 Å². The van der Waals surface area contributed by atoms with Crippen molar-refractivity contribution in [3.8, 4) is 5.75 Å². The van der Waals surface area contributed by atoms with E-state index in [0.717, 1.165) is 22.6 Å². The van der Waals surface area contributed by atoms with E-state index in [0.29, 0.717) is 18.2 Å². The average molecular weight is 381 g/mol. The Hall–Kier alpha value is -2.95. The molecule has 0 aliphatic heterocycles. The number of hydrogen-bond acceptors (Lipinski definition) is 5. The lowest BCUT2D eigenvalue weighted by molar-refractivity contribution is -0.133. The highest BCUT2D eigenvalue weighted by Gasteiger charge is 2.17. The minimum atomic E-state index is -0.448. The lowest BCUT2D eigenvalue weighted by Gasteiger charge is -2.15. The molecule has 0 saturated heterocycles. The molecule has 1 N–H and O–H groups in total. The average Bonchev–Trinajstić information content (AvgIpc) is 3.24. The molecule has 2 aromatic carbocycles. The topological polar surface area (TPSA) is 56.8 Å². The monoisotopic (exact) mass is 381 g/mol. The van der Waals surface area contributed by atoms with Gasteiger partial charge in [0.1, 0.15) is 17.9 Å². The number of hydrogen-bond donors (Lipinski definition) is 1. The van der Waals surface area contributed by atoms with Gasteiger partial charge in [-0.1, -0.05) is 37.1 Å². The number of anilines is 1. The van der Waals surface area contributed by atoms with Gasteiger partial charge in [-0.05, 0) is 48.2 Å². The number of rotatable bonds is 8. The molecule has 0 heterocycles. The predicted molar refractivity (Wildman–Crippen MR) is 110 cm³/mol. The van der Waals surface area contributed by atoms with Crippen LogP contribution in [0.1, 0.15) is 36.8 Å². The third-order valence-corrected chi connectivity index (χ3v) is 4.92. The van der Waals surface area contributed by atoms with Crippen LogP contribution in [0.4, 0.5) is 5.69 Å². The second-order valence-corrected chi connectivity index (χ2v) is 6.85. The van der Waals surface area contributed by atoms with Crippen molar-refractivity contribution in [2.75, 3.05) is 19.5 Å². The largest absolute Gasteiger partial charge is 0.503 e. The van der Waals surface area contributed by atoms with E-state index in [-0.39, 0.29) is 0 Å². The Kier molecular flexibility index (Phi) is 6.95. The van der Waals surface area contributed by atoms with E-state index in [1.807, 2.05) is 48.5 Å². The Morgan fingerprint density at radius 3 is 2.46 bits per heavy atom. The number of carbonyl (C=O) groups is 1. The van der Waals surface area contributed by atoms with Crippen LogP contribution in [0.5, 0.6) is 5.75 Å². The van der Waals surface area contributed by atoms with Crippen LogP contribution < -0.4 is 10.1 Å². The van der Waals surface area contributed by atoms with Crippen LogP contribution in [-0.2, 0) is 20.9 Å². The maximum Gasteiger partial charge on any atom is 0.341 e. The van der Waals surface area contributed by atoms with Crippen LogP contribution in [0.3, 0.4) is 0 Å². The maximum absolute atomic E-state index is 12.1. The summed E-state index contributed by atoms with van der Waals surface area (Å²) in [5.74, 6) is 0.332. The van der Waals surface area contributed by atoms with Crippen LogP contribution in [-0.4, -0.2) is 26.2 Å². The summed E-state index contributed by atoms with van der Waals surface area (Å²) in [5.41, 5.74) is 3.09. The minimum Gasteiger partial charge on any atom is -0.503 e. The number of carbonyl (C=O) groups excluding carboxylic acids is 1. The summed E-state index contributed by atoms with van der Waals surface area (Å²) in [6, 6.07) is 16.2. The summed E-state index contributed by atoms with van der Waals surface area (Å²) >= 11 is 0. The molecular weight excluding hydrogens is 354 g/mol. The molecule has 1 aliphatic rings. The van der Waals surface area contributed by atoms with Gasteiger partial charge in [-0.15, -0.1) is 0 Å². The van der Waals surface area contributed by atoms with E-state index in [1.54, 1.807) is 0 Å². The summed E-state index contributed by atoms with van der Waals surface area (Å²) in [7, 11) is 2.86. The van der Waals surface area contributed by atoms with Crippen molar-refractivity contribution < 1.29 is 19.0 Å². The predicted octanol–water partition coefficient (Wildman–Crippen LogP) is 4.78. The molecule has 1 saturated carbocycles. The molecule has 1 aliphatic carbocycles. The molecule has 148 valence electrons. The third-order valence-electron chi connectivity index (χ3n) is 4.92. The lowest BCUT2D eigenvalue weighted by atomic mass is 10.0. The highest BCUT2D eigenvalue weighted by molar-refractivity contribution is 6.16. The maximum atomic E-state index is 12.1. The van der Waals surface area contributed by atoms with Gasteiger partial charge in [0.25, 0.3) is 0 Å². The van der Waals surface area contributed by atoms with Gasteiger partial charge in [0.15, 0.2) is 0 Å². The van der Waals surface area contributed by atoms with Crippen LogP contribution in [0.15, 0.2) is 54.8 Å². The zero-order valence-corrected chi connectivity index (χ0v) is 16.4. The lowest BCUT2D eigenvalue weighted by Crippen LogP contribution is -2.14. The number of ether oxygens (including phenoxy) is 3. The molecule has 2 aromatic rings. The van der Waals surface area contributed by atoms with Crippen molar-refractivity contribution in [2.45, 2.75) is 38.3 Å². The molecule has 1 fully saturated rings. The van der Waals surface area contributed by atoms with Gasteiger partial charge < -0.3 is 19.5 Å². The van der Waals surface area contributed by atoms with E-state index in [1.165, 1.54) is 46.2 Å². The minimum absolute atomic E-state index is 0.337. The van der Waals surface area contributed by atoms with E-state index >= 15 is 0 Å². The van der Waals surface area contributed by atoms with E-state index in [2.05, 4.69) is 5.32 Å². The standard InChI is InChI=1S/C23H27NO4/c1-26-16-22(23(25)27-2)21-10-6-3-7-17(21)15-28-20-13-11-19(12-14-20)24-18-8-4-5-9-18/h3,6-7,10-14,16,18,24H,4-5,8-9,15H2,1-2H3. The first-order chi connectivity index (χ1) is 13.7. The molecular formula is C23H27NO4. The summed E-state index contributed by atoms with van der Waals surface area (Å²) in [5, 5.41) is 3.57. The van der Waals surface area contributed by atoms with Gasteiger partial charge in [0, 0.05) is 11.7 Å². The van der Waals surface area contributed by atoms with E-state index in [4.69, 9.17) is 14.2 Å². The van der Waals surface area contributed by atoms with Gasteiger partial charge in [-0.25, -0.2) is 4.79 Å². The Morgan fingerprint density at radius 2 is 1.79 bits per heavy atom. The van der Waals surface area contributed by atoms with Gasteiger partial charge >= 0.3 is 5.97 Å². The van der Waals surface area contributed by atoms with Gasteiger partial charge in [-0.2, -0.15) is 0 Å². The van der Waals surface area contributed by atoms with Crippen molar-refractivity contribution in [1.82, 2.24) is 0 Å². The SMILES string of the molecule is COC=C(C(=O)OC)c1ccccc1COc1ccc(NC2CCCC2)cc1. The smallest absolute Gasteiger partial charge is 0.341 e. The van der Waals surface area contributed by atoms with Crippen molar-refractivity contribution in [1.29, 1.82) is 0 Å². The fourth-order valence-electron chi connectivity index (χ4n) is 3.47. The fraction of sp³-hybridized carbons (Fsp3) is 0.348. The van der Waals surface area contributed by atoms with Gasteiger partial charge in [0.05, 0.1) is 20.5 Å². The Bertz CT molecular complexity index is 808. The van der Waals surface area contributed by atoms with Crippen LogP contribution >= 0.6 is 0 Å². The second kappa shape index (κ2) is 9.83. The van der Waals surface area contributed by atoms with Crippen LogP contribution in [0.25, 0.3) is 5.57 Å². The highest BCUT2D eigenvalue weighted by atomic mass is 16.5. The third kappa shape index (κ3) is 5.06. The van der Waals surface area contributed by atoms with E-state index in [9.17, 15) is 4.79 Å². The van der Waals surface area contributed by atoms with Crippen LogP contribution in [0, 0.1) is 0 Å². The van der Waals surface area contributed by atoms with Crippen molar-refractivity contribution in [3.05, 3.63) is 65.9 Å². The Balaban J connectivity index is 1.67. The summed E-state index contributed by atoms with van der Waals surface area (Å²) in [6.45, 7) is 0.337. The number of methoxy groups -OCH3 is 2. The zero-order valence-electron chi connectivity index (χ0n) is 16.4. The van der Waals surface area contributed by atoms with Crippen molar-refractivity contribution >= 4 is 17.2 Å². The summed E-state index contributed by atoms with van der Waals surface area (Å²) in [4.78, 5) is 12.1. The van der Waals surface area contributed by atoms with E-state index < -0.39 is 5.97 Å². The normalized spacial score (nSPS) is 14.6. The second-order valence-electron chi connectivity index (χ2n) is 6.85. The molecule has 5 heteroatoms. The molecule has 28 heavy (non-hydrogen) atoms. The number of nitrogens with one attached hydrogen (secondary N) is 1. The molecule has 0 bridgehead atoms. The highest BCUT2D eigenvalue weighted by Crippen LogP contribution is 2.25. The molecule has 5 nitrogen and oxygen atoms in total. The number of benzene rings is 2. The molecule has 3 rings (SSSR count). The van der Waals surface area contributed by atoms with Gasteiger partial charge in [-0.3, -0.25) is 0 Å². The van der Waals surface area contributed by atoms with Crippen molar-refractivity contribution in [3.63, 3.8) is 0 Å². The first-order valence-corrected chi connectivity index (χ1v) is 9.60. The molecule has 0 atom stereocenters. The first-order valence-electron chi connectivity index (χ1n) is 9.60. The molecule has 0 radical (unpaired) electrons. The molecule has 0 unspecified atom stereocenters. The van der Waals surface area contributed by atoms with Gasteiger partial charge in [0.2, 0.25) is 0 Å². The van der Waals surface area contributed by atoms with Crippen molar-refractivity contribution in [2.24, 2.45) is 0 Å². The summed E-state index contributed by atoms with van der Waals surface area (Å²) in [6.07, 6.45) is 6.50. The number of esters is 1. The molecule has 0 aromatic heterocycles. The Morgan fingerprint density at radius 1 is 1.07 bits per heavy atom. The fourth-order valence-corrected chi connectivity index (χ4v) is 3.47. The first kappa shape index (κ1) is 19.8. The summed E-state index contributed by atoms with van der Waals surface area (Å²) < 4.78 is 15.9. The molecule has 0 spiro atoms. The quantitative estimate of drug-likeness (QED) is 0.405.